The van der Waals surface area contributed by atoms with E-state index in [1.54, 1.807) is 11.3 Å². The molecule has 0 radical (unpaired) electrons. The van der Waals surface area contributed by atoms with Gasteiger partial charge in [0.25, 0.3) is 0 Å². The summed E-state index contributed by atoms with van der Waals surface area (Å²) in [5, 5.41) is 4.18. The Morgan fingerprint density at radius 2 is 2.07 bits per heavy atom. The number of rotatable bonds is 6. The van der Waals surface area contributed by atoms with Crippen LogP contribution in [0.25, 0.3) is 0 Å². The molecule has 1 unspecified atom stereocenters. The van der Waals surface area contributed by atoms with Crippen LogP contribution in [0.4, 0.5) is 0 Å². The van der Waals surface area contributed by atoms with E-state index in [1.807, 2.05) is 6.92 Å². The normalized spacial score (nSPS) is 14.1. The van der Waals surface area contributed by atoms with E-state index in [0.29, 0.717) is 0 Å². The molecule has 0 saturated heterocycles. The Hall–Kier alpha value is -0.380. The monoisotopic (exact) mass is 227 g/mol. The molecule has 1 aromatic rings. The lowest BCUT2D eigenvalue weighted by Gasteiger charge is -2.37. The predicted octanol–water partition coefficient (Wildman–Crippen LogP) is 3.34. The minimum absolute atomic E-state index is 0.0151. The molecule has 0 bridgehead atoms. The average molecular weight is 227 g/mol. The zero-order chi connectivity index (χ0) is 11.3. The van der Waals surface area contributed by atoms with Crippen molar-refractivity contribution in [1.82, 2.24) is 0 Å². The van der Waals surface area contributed by atoms with Crippen molar-refractivity contribution in [3.05, 3.63) is 22.4 Å². The van der Waals surface area contributed by atoms with E-state index in [4.69, 9.17) is 10.5 Å². The number of ether oxygens (including phenoxy) is 1. The predicted molar refractivity (Wildman–Crippen MR) is 66.2 cm³/mol. The van der Waals surface area contributed by atoms with Crippen molar-refractivity contribution in [3.63, 3.8) is 0 Å². The second kappa shape index (κ2) is 5.64. The molecule has 3 heteroatoms. The summed E-state index contributed by atoms with van der Waals surface area (Å²) in [6, 6.07) is 2.08. The molecule has 0 spiro atoms. The lowest BCUT2D eigenvalue weighted by molar-refractivity contribution is -0.0644. The smallest absolute Gasteiger partial charge is 0.0869 e. The summed E-state index contributed by atoms with van der Waals surface area (Å²) >= 11 is 1.69. The molecule has 1 atom stereocenters. The summed E-state index contributed by atoms with van der Waals surface area (Å²) in [4.78, 5) is 0. The summed E-state index contributed by atoms with van der Waals surface area (Å²) in [6.45, 7) is 7.04. The molecule has 1 heterocycles. The van der Waals surface area contributed by atoms with Gasteiger partial charge in [-0.2, -0.15) is 11.3 Å². The molecule has 0 amide bonds. The molecule has 2 N–H and O–H groups in total. The highest BCUT2D eigenvalue weighted by Gasteiger charge is 2.35. The van der Waals surface area contributed by atoms with Crippen LogP contribution in [0.3, 0.4) is 0 Å². The molecule has 86 valence electrons. The Kier molecular flexibility index (Phi) is 4.77. The lowest BCUT2D eigenvalue weighted by atomic mass is 9.85. The summed E-state index contributed by atoms with van der Waals surface area (Å²) in [7, 11) is 0. The number of hydrogen-bond acceptors (Lipinski definition) is 3. The molecular formula is C12H21NOS. The van der Waals surface area contributed by atoms with E-state index >= 15 is 0 Å². The molecule has 0 fully saturated rings. The van der Waals surface area contributed by atoms with E-state index in [1.165, 1.54) is 5.56 Å². The van der Waals surface area contributed by atoms with Crippen molar-refractivity contribution in [2.24, 2.45) is 5.73 Å². The van der Waals surface area contributed by atoms with Gasteiger partial charge in [-0.15, -0.1) is 0 Å². The third kappa shape index (κ3) is 2.60. The molecule has 2 nitrogen and oxygen atoms in total. The molecule has 0 saturated carbocycles. The van der Waals surface area contributed by atoms with Gasteiger partial charge in [0.1, 0.15) is 0 Å². The minimum atomic E-state index is -0.199. The first-order chi connectivity index (χ1) is 7.20. The van der Waals surface area contributed by atoms with Crippen LogP contribution in [0, 0.1) is 0 Å². The summed E-state index contributed by atoms with van der Waals surface area (Å²) in [6.07, 6.45) is 1.91. The molecule has 1 rings (SSSR count). The van der Waals surface area contributed by atoms with E-state index in [9.17, 15) is 0 Å². The SMILES string of the molecule is CCOC(CC)(CC)C(N)c1ccsc1. The van der Waals surface area contributed by atoms with Crippen molar-refractivity contribution in [1.29, 1.82) is 0 Å². The van der Waals surface area contributed by atoms with Crippen LogP contribution in [0.5, 0.6) is 0 Å². The second-order valence-electron chi connectivity index (χ2n) is 3.74. The standard InChI is InChI=1S/C12H21NOS/c1-4-12(5-2,14-6-3)11(13)10-7-8-15-9-10/h7-9,11H,4-6,13H2,1-3H3. The summed E-state index contributed by atoms with van der Waals surface area (Å²) in [5.74, 6) is 0. The largest absolute Gasteiger partial charge is 0.373 e. The van der Waals surface area contributed by atoms with Crippen LogP contribution in [0.15, 0.2) is 16.8 Å². The third-order valence-electron chi connectivity index (χ3n) is 3.10. The second-order valence-corrected chi connectivity index (χ2v) is 4.52. The van der Waals surface area contributed by atoms with Gasteiger partial charge in [-0.3, -0.25) is 0 Å². The molecular weight excluding hydrogens is 206 g/mol. The lowest BCUT2D eigenvalue weighted by Crippen LogP contribution is -2.42. The van der Waals surface area contributed by atoms with Crippen molar-refractivity contribution >= 4 is 11.3 Å². The fraction of sp³-hybridized carbons (Fsp3) is 0.667. The number of thiophene rings is 1. The molecule has 0 aliphatic carbocycles. The Morgan fingerprint density at radius 1 is 1.40 bits per heavy atom. The minimum Gasteiger partial charge on any atom is -0.373 e. The molecule has 0 aliphatic rings. The zero-order valence-corrected chi connectivity index (χ0v) is 10.6. The van der Waals surface area contributed by atoms with Crippen LogP contribution in [-0.4, -0.2) is 12.2 Å². The van der Waals surface area contributed by atoms with Crippen molar-refractivity contribution in [2.45, 2.75) is 45.3 Å². The van der Waals surface area contributed by atoms with E-state index in [2.05, 4.69) is 30.7 Å². The van der Waals surface area contributed by atoms with Crippen LogP contribution in [0.2, 0.25) is 0 Å². The van der Waals surface area contributed by atoms with E-state index in [0.717, 1.165) is 19.4 Å². The van der Waals surface area contributed by atoms with E-state index in [-0.39, 0.29) is 11.6 Å². The van der Waals surface area contributed by atoms with Gasteiger partial charge in [0, 0.05) is 6.61 Å². The Labute approximate surface area is 96.4 Å². The van der Waals surface area contributed by atoms with Crippen LogP contribution in [0.1, 0.15) is 45.2 Å². The Balaban J connectivity index is 2.88. The maximum absolute atomic E-state index is 6.31. The summed E-state index contributed by atoms with van der Waals surface area (Å²) < 4.78 is 5.89. The Bertz CT molecular complexity index is 267. The number of hydrogen-bond donors (Lipinski definition) is 1. The summed E-state index contributed by atoms with van der Waals surface area (Å²) in [5.41, 5.74) is 7.30. The van der Waals surface area contributed by atoms with Crippen LogP contribution < -0.4 is 5.73 Å². The third-order valence-corrected chi connectivity index (χ3v) is 3.80. The van der Waals surface area contributed by atoms with Crippen molar-refractivity contribution in [2.75, 3.05) is 6.61 Å². The van der Waals surface area contributed by atoms with Crippen LogP contribution in [-0.2, 0) is 4.74 Å². The quantitative estimate of drug-likeness (QED) is 0.809. The average Bonchev–Trinajstić information content (AvgIpc) is 2.78. The van der Waals surface area contributed by atoms with Gasteiger partial charge in [0.15, 0.2) is 0 Å². The maximum Gasteiger partial charge on any atom is 0.0869 e. The van der Waals surface area contributed by atoms with Gasteiger partial charge < -0.3 is 10.5 Å². The van der Waals surface area contributed by atoms with Gasteiger partial charge >= 0.3 is 0 Å². The number of nitrogens with two attached hydrogens (primary N) is 1. The highest BCUT2D eigenvalue weighted by atomic mass is 32.1. The van der Waals surface area contributed by atoms with E-state index < -0.39 is 0 Å². The van der Waals surface area contributed by atoms with Crippen molar-refractivity contribution in [3.8, 4) is 0 Å². The van der Waals surface area contributed by atoms with Gasteiger partial charge in [-0.05, 0) is 42.2 Å². The van der Waals surface area contributed by atoms with Gasteiger partial charge in [-0.1, -0.05) is 13.8 Å². The molecule has 15 heavy (non-hydrogen) atoms. The first kappa shape index (κ1) is 12.7. The maximum atomic E-state index is 6.31. The molecule has 1 aromatic heterocycles. The van der Waals surface area contributed by atoms with Crippen LogP contribution >= 0.6 is 11.3 Å². The van der Waals surface area contributed by atoms with Gasteiger partial charge in [-0.25, -0.2) is 0 Å². The molecule has 0 aromatic carbocycles. The van der Waals surface area contributed by atoms with Crippen molar-refractivity contribution < 1.29 is 4.74 Å². The molecule has 0 aliphatic heterocycles. The fourth-order valence-corrected chi connectivity index (χ4v) is 2.72. The zero-order valence-electron chi connectivity index (χ0n) is 9.82. The highest BCUT2D eigenvalue weighted by molar-refractivity contribution is 7.07. The Morgan fingerprint density at radius 3 is 2.47 bits per heavy atom. The highest BCUT2D eigenvalue weighted by Crippen LogP contribution is 2.34. The topological polar surface area (TPSA) is 35.2 Å². The first-order valence-electron chi connectivity index (χ1n) is 5.61. The van der Waals surface area contributed by atoms with Gasteiger partial charge in [0.2, 0.25) is 0 Å². The fourth-order valence-electron chi connectivity index (χ4n) is 2.03. The van der Waals surface area contributed by atoms with Gasteiger partial charge in [0.05, 0.1) is 11.6 Å². The first-order valence-corrected chi connectivity index (χ1v) is 6.56.